The third kappa shape index (κ3) is 5.04. The van der Waals surface area contributed by atoms with E-state index < -0.39 is 0 Å². The molecule has 2 aliphatic rings. The average Bonchev–Trinajstić information content (AvgIpc) is 3.41. The summed E-state index contributed by atoms with van der Waals surface area (Å²) >= 11 is 1.41. The van der Waals surface area contributed by atoms with Crippen LogP contribution >= 0.6 is 11.3 Å². The minimum absolute atomic E-state index is 0.0554. The number of rotatable bonds is 4. The number of benzene rings is 1. The van der Waals surface area contributed by atoms with Crippen molar-refractivity contribution in [2.45, 2.75) is 32.7 Å². The Hall–Kier alpha value is -2.94. The molecule has 8 nitrogen and oxygen atoms in total. The van der Waals surface area contributed by atoms with Crippen molar-refractivity contribution in [3.63, 3.8) is 0 Å². The first kappa shape index (κ1) is 22.7. The van der Waals surface area contributed by atoms with Gasteiger partial charge in [0.25, 0.3) is 6.47 Å². The quantitative estimate of drug-likeness (QED) is 0.699. The van der Waals surface area contributed by atoms with E-state index in [-0.39, 0.29) is 24.3 Å². The number of aromatic nitrogens is 1. The molecule has 0 unspecified atom stereocenters. The molecule has 2 amide bonds. The van der Waals surface area contributed by atoms with Gasteiger partial charge in [0.05, 0.1) is 11.7 Å². The minimum atomic E-state index is -0.250. The summed E-state index contributed by atoms with van der Waals surface area (Å²) in [5.41, 5.74) is 8.96. The van der Waals surface area contributed by atoms with Crippen LogP contribution in [-0.2, 0) is 20.8 Å². The molecule has 31 heavy (non-hydrogen) atoms. The van der Waals surface area contributed by atoms with E-state index in [4.69, 9.17) is 15.6 Å². The average molecular weight is 445 g/mol. The van der Waals surface area contributed by atoms with Crippen LogP contribution in [0.3, 0.4) is 0 Å². The summed E-state index contributed by atoms with van der Waals surface area (Å²) in [5, 5.41) is 9.35. The van der Waals surface area contributed by atoms with Crippen molar-refractivity contribution in [2.75, 3.05) is 25.4 Å². The van der Waals surface area contributed by atoms with Crippen molar-refractivity contribution < 1.29 is 19.5 Å². The topological polar surface area (TPSA) is 117 Å². The zero-order chi connectivity index (χ0) is 22.5. The van der Waals surface area contributed by atoms with Crippen molar-refractivity contribution >= 4 is 34.8 Å². The van der Waals surface area contributed by atoms with Gasteiger partial charge in [-0.2, -0.15) is 0 Å². The number of thiazole rings is 1. The summed E-state index contributed by atoms with van der Waals surface area (Å²) in [6, 6.07) is 8.33. The van der Waals surface area contributed by atoms with Gasteiger partial charge in [-0.25, -0.2) is 4.98 Å². The number of hydrogen-bond donors (Lipinski definition) is 2. The number of carbonyl (C=O) groups excluding carboxylic acids is 2. The first-order valence-corrected chi connectivity index (χ1v) is 11.1. The van der Waals surface area contributed by atoms with E-state index in [1.165, 1.54) is 22.5 Å². The molecule has 3 heterocycles. The molecule has 9 heteroatoms. The van der Waals surface area contributed by atoms with Gasteiger partial charge in [-0.15, -0.1) is 11.3 Å². The Labute approximate surface area is 185 Å². The van der Waals surface area contributed by atoms with Crippen LogP contribution in [0.5, 0.6) is 0 Å². The smallest absolute Gasteiger partial charge is 0.290 e. The van der Waals surface area contributed by atoms with Gasteiger partial charge in [-0.3, -0.25) is 14.4 Å². The van der Waals surface area contributed by atoms with E-state index in [2.05, 4.69) is 24.0 Å². The number of hydrogen-bond acceptors (Lipinski definition) is 6. The maximum atomic E-state index is 12.8. The third-order valence-electron chi connectivity index (χ3n) is 6.09. The number of nitrogens with zero attached hydrogens (tertiary/aromatic N) is 3. The van der Waals surface area contributed by atoms with E-state index in [0.717, 1.165) is 18.8 Å². The SMILES string of the molecule is CC(=O)N1C[C@H]2CN(C(=O)CCc3csc(N)n3)C[C@H]2[C@@H]1c1ccccc1C.O=CO. The second-order valence-electron chi connectivity index (χ2n) is 7.98. The fourth-order valence-corrected chi connectivity index (χ4v) is 5.32. The Bertz CT molecular complexity index is 947. The summed E-state index contributed by atoms with van der Waals surface area (Å²) in [6.45, 7) is 5.67. The lowest BCUT2D eigenvalue weighted by Gasteiger charge is -2.30. The third-order valence-corrected chi connectivity index (χ3v) is 6.82. The summed E-state index contributed by atoms with van der Waals surface area (Å²) in [5.74, 6) is 0.914. The Kier molecular flexibility index (Phi) is 7.27. The van der Waals surface area contributed by atoms with E-state index in [0.29, 0.717) is 36.4 Å². The molecule has 0 radical (unpaired) electrons. The molecule has 1 aromatic carbocycles. The Balaban J connectivity index is 0.000000858. The summed E-state index contributed by atoms with van der Waals surface area (Å²) in [4.78, 5) is 41.6. The molecule has 2 aromatic rings. The molecule has 0 saturated carbocycles. The van der Waals surface area contributed by atoms with Crippen LogP contribution in [0.4, 0.5) is 5.13 Å². The number of aryl methyl sites for hydroxylation is 2. The van der Waals surface area contributed by atoms with Gasteiger partial charge in [0.15, 0.2) is 5.13 Å². The fourth-order valence-electron chi connectivity index (χ4n) is 4.72. The zero-order valence-electron chi connectivity index (χ0n) is 17.7. The highest BCUT2D eigenvalue weighted by Gasteiger charge is 2.49. The number of fused-ring (bicyclic) bond motifs is 1. The number of nitrogens with two attached hydrogens (primary N) is 1. The Morgan fingerprint density at radius 3 is 2.61 bits per heavy atom. The molecular weight excluding hydrogens is 416 g/mol. The van der Waals surface area contributed by atoms with Crippen LogP contribution in [0.25, 0.3) is 0 Å². The molecule has 166 valence electrons. The standard InChI is InChI=1S/C21H26N4O2S.CH2O2/c1-13-5-3-4-6-17(13)20-18-11-24(9-15(18)10-25(20)14(2)26)19(27)8-7-16-12-28-21(22)23-16;2-1-3/h3-6,12,15,18,20H,7-11H2,1-2H3,(H2,22,23);1H,(H,2,3)/t15-,18-,20+;/m1./s1. The van der Waals surface area contributed by atoms with Crippen LogP contribution < -0.4 is 5.73 Å². The molecule has 2 fully saturated rings. The van der Waals surface area contributed by atoms with Gasteiger partial charge in [0.2, 0.25) is 11.8 Å². The van der Waals surface area contributed by atoms with Gasteiger partial charge in [-0.1, -0.05) is 24.3 Å². The van der Waals surface area contributed by atoms with Crippen molar-refractivity contribution in [3.05, 3.63) is 46.5 Å². The first-order valence-electron chi connectivity index (χ1n) is 10.2. The molecular formula is C22H28N4O4S. The van der Waals surface area contributed by atoms with Crippen molar-refractivity contribution in [2.24, 2.45) is 11.8 Å². The van der Waals surface area contributed by atoms with Crippen molar-refractivity contribution in [1.29, 1.82) is 0 Å². The molecule has 3 N–H and O–H groups in total. The number of nitrogen functional groups attached to an aromatic ring is 1. The van der Waals surface area contributed by atoms with E-state index in [1.54, 1.807) is 6.92 Å². The number of carboxylic acid groups (broad SMARTS) is 1. The van der Waals surface area contributed by atoms with Gasteiger partial charge < -0.3 is 20.6 Å². The number of carbonyl (C=O) groups is 3. The maximum absolute atomic E-state index is 12.8. The predicted octanol–water partition coefficient (Wildman–Crippen LogP) is 2.35. The van der Waals surface area contributed by atoms with E-state index in [9.17, 15) is 9.59 Å². The fraction of sp³-hybridized carbons (Fsp3) is 0.455. The molecule has 4 rings (SSSR count). The summed E-state index contributed by atoms with van der Waals surface area (Å²) < 4.78 is 0. The van der Waals surface area contributed by atoms with Gasteiger partial charge in [-0.05, 0) is 24.5 Å². The van der Waals surface area contributed by atoms with E-state index >= 15 is 0 Å². The lowest BCUT2D eigenvalue weighted by atomic mass is 9.87. The number of amides is 2. The maximum Gasteiger partial charge on any atom is 0.290 e. The molecule has 0 aliphatic carbocycles. The second kappa shape index (κ2) is 9.91. The largest absolute Gasteiger partial charge is 0.483 e. The first-order chi connectivity index (χ1) is 14.8. The molecule has 2 aliphatic heterocycles. The highest BCUT2D eigenvalue weighted by atomic mass is 32.1. The highest BCUT2D eigenvalue weighted by Crippen LogP contribution is 2.45. The monoisotopic (exact) mass is 444 g/mol. The zero-order valence-corrected chi connectivity index (χ0v) is 18.5. The molecule has 1 aromatic heterocycles. The number of likely N-dealkylation sites (tertiary alicyclic amines) is 2. The highest BCUT2D eigenvalue weighted by molar-refractivity contribution is 7.13. The summed E-state index contributed by atoms with van der Waals surface area (Å²) in [7, 11) is 0. The lowest BCUT2D eigenvalue weighted by molar-refractivity contribution is -0.132. The second-order valence-corrected chi connectivity index (χ2v) is 8.87. The van der Waals surface area contributed by atoms with Crippen LogP contribution in [0.15, 0.2) is 29.6 Å². The van der Waals surface area contributed by atoms with E-state index in [1.807, 2.05) is 27.3 Å². The predicted molar refractivity (Wildman–Crippen MR) is 118 cm³/mol. The Morgan fingerprint density at radius 1 is 1.29 bits per heavy atom. The molecule has 0 spiro atoms. The molecule has 3 atom stereocenters. The minimum Gasteiger partial charge on any atom is -0.483 e. The van der Waals surface area contributed by atoms with Gasteiger partial charge in [0.1, 0.15) is 0 Å². The van der Waals surface area contributed by atoms with Crippen molar-refractivity contribution in [3.8, 4) is 0 Å². The van der Waals surface area contributed by atoms with Crippen molar-refractivity contribution in [1.82, 2.24) is 14.8 Å². The normalized spacial score (nSPS) is 21.9. The van der Waals surface area contributed by atoms with Gasteiger partial charge in [0, 0.05) is 50.2 Å². The molecule has 0 bridgehead atoms. The van der Waals surface area contributed by atoms with Gasteiger partial charge >= 0.3 is 0 Å². The molecule has 2 saturated heterocycles. The van der Waals surface area contributed by atoms with Crippen LogP contribution in [0.1, 0.15) is 36.2 Å². The summed E-state index contributed by atoms with van der Waals surface area (Å²) in [6.07, 6.45) is 1.08. The van der Waals surface area contributed by atoms with Crippen LogP contribution in [0.2, 0.25) is 0 Å². The number of anilines is 1. The lowest BCUT2D eigenvalue weighted by Crippen LogP contribution is -2.36. The Morgan fingerprint density at radius 2 is 2.00 bits per heavy atom. The van der Waals surface area contributed by atoms with Crippen LogP contribution in [0, 0.1) is 18.8 Å². The van der Waals surface area contributed by atoms with Crippen LogP contribution in [-0.4, -0.2) is 57.8 Å².